The van der Waals surface area contributed by atoms with Crippen LogP contribution in [0.1, 0.15) is 6.42 Å². The molecule has 0 aliphatic carbocycles. The fraction of sp³-hybridized carbons (Fsp3) is 0.429. The molecule has 1 N–H and O–H groups in total. The van der Waals surface area contributed by atoms with Crippen molar-refractivity contribution in [3.63, 3.8) is 0 Å². The number of rotatable bonds is 3. The molecule has 96 valence electrons. The van der Waals surface area contributed by atoms with Crippen LogP contribution in [0.25, 0.3) is 10.9 Å². The van der Waals surface area contributed by atoms with E-state index in [2.05, 4.69) is 9.47 Å². The Bertz CT molecular complexity index is 552. The molecule has 3 rings (SSSR count). The Kier molecular flexibility index (Phi) is 3.06. The van der Waals surface area contributed by atoms with Crippen LogP contribution in [0.3, 0.4) is 0 Å². The van der Waals surface area contributed by atoms with Crippen LogP contribution in [0.2, 0.25) is 0 Å². The SMILES string of the molecule is OC1CCN(CCn2ccc3c(F)cccc32)C1. The predicted molar refractivity (Wildman–Crippen MR) is 69.0 cm³/mol. The van der Waals surface area contributed by atoms with Gasteiger partial charge in [-0.3, -0.25) is 4.90 Å². The average molecular weight is 248 g/mol. The van der Waals surface area contributed by atoms with E-state index in [0.29, 0.717) is 5.39 Å². The van der Waals surface area contributed by atoms with Crippen molar-refractivity contribution < 1.29 is 9.50 Å². The zero-order valence-electron chi connectivity index (χ0n) is 10.2. The lowest BCUT2D eigenvalue weighted by Gasteiger charge is -2.15. The van der Waals surface area contributed by atoms with Crippen LogP contribution >= 0.6 is 0 Å². The first-order chi connectivity index (χ1) is 8.74. The standard InChI is InChI=1S/C14H17FN2O/c15-13-2-1-3-14-12(13)5-7-17(14)9-8-16-6-4-11(18)10-16/h1-3,5,7,11,18H,4,6,8-10H2. The van der Waals surface area contributed by atoms with Crippen LogP contribution in [0, 0.1) is 5.82 Å². The fourth-order valence-electron chi connectivity index (χ4n) is 2.65. The summed E-state index contributed by atoms with van der Waals surface area (Å²) in [6.45, 7) is 3.44. The second-order valence-electron chi connectivity index (χ2n) is 4.92. The third kappa shape index (κ3) is 2.13. The molecule has 1 aromatic heterocycles. The van der Waals surface area contributed by atoms with E-state index in [0.717, 1.165) is 38.1 Å². The number of halogens is 1. The van der Waals surface area contributed by atoms with Crippen molar-refractivity contribution in [1.82, 2.24) is 9.47 Å². The maximum Gasteiger partial charge on any atom is 0.132 e. The summed E-state index contributed by atoms with van der Waals surface area (Å²) in [5, 5.41) is 10.1. The zero-order chi connectivity index (χ0) is 12.5. The maximum atomic E-state index is 13.5. The Morgan fingerprint density at radius 2 is 2.17 bits per heavy atom. The lowest BCUT2D eigenvalue weighted by Crippen LogP contribution is -2.26. The number of aromatic nitrogens is 1. The molecule has 0 amide bonds. The second kappa shape index (κ2) is 4.71. The van der Waals surface area contributed by atoms with Gasteiger partial charge in [-0.1, -0.05) is 6.07 Å². The number of nitrogens with zero attached hydrogens (tertiary/aromatic N) is 2. The number of benzene rings is 1. The molecule has 1 fully saturated rings. The van der Waals surface area contributed by atoms with Crippen molar-refractivity contribution in [2.75, 3.05) is 19.6 Å². The van der Waals surface area contributed by atoms with E-state index < -0.39 is 0 Å². The summed E-state index contributed by atoms with van der Waals surface area (Å²) in [5.41, 5.74) is 0.940. The summed E-state index contributed by atoms with van der Waals surface area (Å²) in [4.78, 5) is 2.25. The van der Waals surface area contributed by atoms with Crippen LogP contribution in [0.15, 0.2) is 30.5 Å². The Hall–Kier alpha value is -1.39. The first-order valence-electron chi connectivity index (χ1n) is 6.38. The third-order valence-corrected chi connectivity index (χ3v) is 3.67. The van der Waals surface area contributed by atoms with Crippen LogP contribution in [-0.4, -0.2) is 40.3 Å². The summed E-state index contributed by atoms with van der Waals surface area (Å²) >= 11 is 0. The Morgan fingerprint density at radius 3 is 2.94 bits per heavy atom. The minimum atomic E-state index is -0.177. The molecular weight excluding hydrogens is 231 g/mol. The van der Waals surface area contributed by atoms with E-state index >= 15 is 0 Å². The maximum absolute atomic E-state index is 13.5. The molecule has 1 aromatic carbocycles. The molecule has 2 heterocycles. The lowest BCUT2D eigenvalue weighted by atomic mass is 10.2. The van der Waals surface area contributed by atoms with Crippen LogP contribution in [0.4, 0.5) is 4.39 Å². The first-order valence-corrected chi connectivity index (χ1v) is 6.38. The average Bonchev–Trinajstić information content (AvgIpc) is 2.94. The second-order valence-corrected chi connectivity index (χ2v) is 4.92. The molecule has 1 aliphatic heterocycles. The number of hydrogen-bond acceptors (Lipinski definition) is 2. The zero-order valence-corrected chi connectivity index (χ0v) is 10.2. The van der Waals surface area contributed by atoms with Crippen molar-refractivity contribution >= 4 is 10.9 Å². The predicted octanol–water partition coefficient (Wildman–Crippen LogP) is 1.85. The van der Waals surface area contributed by atoms with Gasteiger partial charge in [0.05, 0.1) is 11.6 Å². The summed E-state index contributed by atoms with van der Waals surface area (Å²) in [7, 11) is 0. The van der Waals surface area contributed by atoms with Gasteiger partial charge in [0.2, 0.25) is 0 Å². The molecule has 18 heavy (non-hydrogen) atoms. The minimum absolute atomic E-state index is 0.164. The quantitative estimate of drug-likeness (QED) is 0.898. The highest BCUT2D eigenvalue weighted by Crippen LogP contribution is 2.19. The van der Waals surface area contributed by atoms with Gasteiger partial charge < -0.3 is 9.67 Å². The summed E-state index contributed by atoms with van der Waals surface area (Å²) in [5.74, 6) is -0.164. The number of aliphatic hydroxyl groups is 1. The van der Waals surface area contributed by atoms with E-state index in [-0.39, 0.29) is 11.9 Å². The molecule has 0 saturated carbocycles. The van der Waals surface area contributed by atoms with Crippen molar-refractivity contribution in [2.24, 2.45) is 0 Å². The van der Waals surface area contributed by atoms with Gasteiger partial charge in [-0.15, -0.1) is 0 Å². The van der Waals surface area contributed by atoms with Gasteiger partial charge in [0.1, 0.15) is 5.82 Å². The fourth-order valence-corrected chi connectivity index (χ4v) is 2.65. The first kappa shape index (κ1) is 11.7. The van der Waals surface area contributed by atoms with Crippen molar-refractivity contribution in [2.45, 2.75) is 19.1 Å². The van der Waals surface area contributed by atoms with Gasteiger partial charge in [-0.25, -0.2) is 4.39 Å². The van der Waals surface area contributed by atoms with Gasteiger partial charge in [-0.2, -0.15) is 0 Å². The normalized spacial score (nSPS) is 20.9. The number of β-amino-alcohol motifs (C(OH)–C–C–N with tert-alkyl or cyclic N) is 1. The van der Waals surface area contributed by atoms with Crippen molar-refractivity contribution in [3.8, 4) is 0 Å². The van der Waals surface area contributed by atoms with E-state index in [1.54, 1.807) is 6.07 Å². The molecule has 2 aromatic rings. The molecular formula is C14H17FN2O. The Morgan fingerprint density at radius 1 is 1.28 bits per heavy atom. The van der Waals surface area contributed by atoms with E-state index in [4.69, 9.17) is 0 Å². The number of likely N-dealkylation sites (tertiary alicyclic amines) is 1. The highest BCUT2D eigenvalue weighted by molar-refractivity contribution is 5.80. The monoisotopic (exact) mass is 248 g/mol. The van der Waals surface area contributed by atoms with Crippen LogP contribution < -0.4 is 0 Å². The van der Waals surface area contributed by atoms with Crippen LogP contribution in [-0.2, 0) is 6.54 Å². The highest BCUT2D eigenvalue weighted by Gasteiger charge is 2.19. The molecule has 0 radical (unpaired) electrons. The molecule has 1 atom stereocenters. The van der Waals surface area contributed by atoms with E-state index in [1.165, 1.54) is 6.07 Å². The smallest absolute Gasteiger partial charge is 0.132 e. The van der Waals surface area contributed by atoms with E-state index in [1.807, 2.05) is 18.3 Å². The molecule has 0 bridgehead atoms. The van der Waals surface area contributed by atoms with Gasteiger partial charge in [0, 0.05) is 37.8 Å². The Labute approximate surface area is 105 Å². The molecule has 1 aliphatic rings. The number of hydrogen-bond donors (Lipinski definition) is 1. The van der Waals surface area contributed by atoms with Gasteiger partial charge >= 0.3 is 0 Å². The van der Waals surface area contributed by atoms with Crippen molar-refractivity contribution in [3.05, 3.63) is 36.3 Å². The highest BCUT2D eigenvalue weighted by atomic mass is 19.1. The third-order valence-electron chi connectivity index (χ3n) is 3.67. The molecule has 3 nitrogen and oxygen atoms in total. The summed E-state index contributed by atoms with van der Waals surface area (Å²) < 4.78 is 15.6. The van der Waals surface area contributed by atoms with Crippen LogP contribution in [0.5, 0.6) is 0 Å². The lowest BCUT2D eigenvalue weighted by molar-refractivity contribution is 0.175. The Balaban J connectivity index is 1.73. The molecule has 1 saturated heterocycles. The number of aliphatic hydroxyl groups excluding tert-OH is 1. The number of fused-ring (bicyclic) bond motifs is 1. The van der Waals surface area contributed by atoms with Gasteiger partial charge in [0.25, 0.3) is 0 Å². The van der Waals surface area contributed by atoms with Gasteiger partial charge in [0.15, 0.2) is 0 Å². The van der Waals surface area contributed by atoms with E-state index in [9.17, 15) is 9.50 Å². The molecule has 4 heteroatoms. The molecule has 1 unspecified atom stereocenters. The topological polar surface area (TPSA) is 28.4 Å². The van der Waals surface area contributed by atoms with Crippen molar-refractivity contribution in [1.29, 1.82) is 0 Å². The minimum Gasteiger partial charge on any atom is -0.392 e. The molecule has 0 spiro atoms. The van der Waals surface area contributed by atoms with Gasteiger partial charge in [-0.05, 0) is 24.6 Å². The largest absolute Gasteiger partial charge is 0.392 e. The summed E-state index contributed by atoms with van der Waals surface area (Å²) in [6, 6.07) is 7.00. The summed E-state index contributed by atoms with van der Waals surface area (Å²) in [6.07, 6.45) is 2.62.